The zero-order chi connectivity index (χ0) is 7.56. The Balaban J connectivity index is 3.15. The van der Waals surface area contributed by atoms with Gasteiger partial charge in [-0.15, -0.1) is 0 Å². The van der Waals surface area contributed by atoms with Crippen LogP contribution in [0.5, 0.6) is 5.75 Å². The van der Waals surface area contributed by atoms with Crippen molar-refractivity contribution >= 4 is 5.69 Å². The van der Waals surface area contributed by atoms with Crippen molar-refractivity contribution in [3.05, 3.63) is 34.4 Å². The third-order valence-electron chi connectivity index (χ3n) is 1.06. The second kappa shape index (κ2) is 2.34. The summed E-state index contributed by atoms with van der Waals surface area (Å²) in [5, 5.41) is 20.6. The van der Waals surface area contributed by atoms with Crippen molar-refractivity contribution in [1.29, 1.82) is 0 Å². The maximum atomic E-state index is 10.6. The van der Waals surface area contributed by atoms with E-state index in [9.17, 15) is 15.2 Å². The number of rotatable bonds is 1. The minimum atomic E-state index is -0.692. The molecule has 0 spiro atoms. The SMILES string of the molecule is [O]c1ccccc1[N+](=O)[O-]. The van der Waals surface area contributed by atoms with Crippen LogP contribution < -0.4 is 0 Å². The van der Waals surface area contributed by atoms with Gasteiger partial charge in [-0.25, -0.2) is 0 Å². The molecule has 0 atom stereocenters. The van der Waals surface area contributed by atoms with Gasteiger partial charge in [-0.1, -0.05) is 12.1 Å². The molecule has 1 aromatic carbocycles. The summed E-state index contributed by atoms with van der Waals surface area (Å²) in [5.41, 5.74) is -0.373. The van der Waals surface area contributed by atoms with Crippen molar-refractivity contribution in [2.45, 2.75) is 0 Å². The fourth-order valence-electron chi connectivity index (χ4n) is 0.608. The lowest BCUT2D eigenvalue weighted by Crippen LogP contribution is -1.86. The number of nitrogens with zero attached hydrogens (tertiary/aromatic N) is 1. The van der Waals surface area contributed by atoms with Crippen LogP contribution in [0.15, 0.2) is 24.3 Å². The average molecular weight is 138 g/mol. The standard InChI is InChI=1S/C6H4NO3/c8-6-4-2-1-3-5(6)7(9)10/h1-4H. The Bertz CT molecular complexity index is 259. The topological polar surface area (TPSA) is 63.0 Å². The zero-order valence-corrected chi connectivity index (χ0v) is 4.98. The molecule has 0 aliphatic carbocycles. The lowest BCUT2D eigenvalue weighted by atomic mass is 10.3. The summed E-state index contributed by atoms with van der Waals surface area (Å²) >= 11 is 0. The molecule has 4 heteroatoms. The highest BCUT2D eigenvalue weighted by atomic mass is 16.6. The smallest absolute Gasteiger partial charge is 0.282 e. The zero-order valence-electron chi connectivity index (χ0n) is 4.98. The van der Waals surface area contributed by atoms with Gasteiger partial charge < -0.3 is 0 Å². The van der Waals surface area contributed by atoms with Gasteiger partial charge in [0.25, 0.3) is 5.75 Å². The van der Waals surface area contributed by atoms with Crippen molar-refractivity contribution in [3.63, 3.8) is 0 Å². The first-order chi connectivity index (χ1) is 4.72. The highest BCUT2D eigenvalue weighted by Gasteiger charge is 2.11. The molecule has 0 heterocycles. The fraction of sp³-hybridized carbons (Fsp3) is 0. The summed E-state index contributed by atoms with van der Waals surface area (Å²) in [4.78, 5) is 9.34. The van der Waals surface area contributed by atoms with Crippen molar-refractivity contribution in [1.82, 2.24) is 0 Å². The average Bonchev–Trinajstić information content (AvgIpc) is 1.88. The lowest BCUT2D eigenvalue weighted by molar-refractivity contribution is -0.386. The number of nitro benzene ring substituents is 1. The van der Waals surface area contributed by atoms with Crippen LogP contribution in [0.4, 0.5) is 5.69 Å². The molecule has 1 radical (unpaired) electrons. The summed E-state index contributed by atoms with van der Waals surface area (Å²) in [6.45, 7) is 0. The number of benzene rings is 1. The van der Waals surface area contributed by atoms with Crippen LogP contribution >= 0.6 is 0 Å². The molecule has 0 amide bonds. The van der Waals surface area contributed by atoms with E-state index in [1.807, 2.05) is 0 Å². The van der Waals surface area contributed by atoms with Crippen LogP contribution in [0.1, 0.15) is 0 Å². The first kappa shape index (κ1) is 6.54. The minimum Gasteiger partial charge on any atom is -0.282 e. The first-order valence-corrected chi connectivity index (χ1v) is 2.62. The minimum absolute atomic E-state index is 0.373. The van der Waals surface area contributed by atoms with Crippen LogP contribution in [0.25, 0.3) is 0 Å². The Labute approximate surface area is 56.9 Å². The summed E-state index contributed by atoms with van der Waals surface area (Å²) in [6.07, 6.45) is 0. The van der Waals surface area contributed by atoms with Gasteiger partial charge in [0.15, 0.2) is 0 Å². The normalized spacial score (nSPS) is 9.20. The van der Waals surface area contributed by atoms with Crippen molar-refractivity contribution < 1.29 is 10.0 Å². The Morgan fingerprint density at radius 2 is 1.90 bits per heavy atom. The van der Waals surface area contributed by atoms with Gasteiger partial charge in [0, 0.05) is 6.07 Å². The second-order valence-electron chi connectivity index (χ2n) is 1.72. The lowest BCUT2D eigenvalue weighted by Gasteiger charge is -1.88. The monoisotopic (exact) mass is 138 g/mol. The van der Waals surface area contributed by atoms with E-state index < -0.39 is 10.7 Å². The van der Waals surface area contributed by atoms with Crippen LogP contribution in [0, 0.1) is 10.1 Å². The molecule has 4 nitrogen and oxygen atoms in total. The Hall–Kier alpha value is -1.58. The van der Waals surface area contributed by atoms with Gasteiger partial charge in [-0.2, -0.15) is 0 Å². The third-order valence-corrected chi connectivity index (χ3v) is 1.06. The van der Waals surface area contributed by atoms with Crippen LogP contribution in [-0.4, -0.2) is 4.92 Å². The number of hydrogen-bond donors (Lipinski definition) is 0. The number of para-hydroxylation sites is 2. The van der Waals surface area contributed by atoms with Crippen LogP contribution in [0.2, 0.25) is 0 Å². The second-order valence-corrected chi connectivity index (χ2v) is 1.72. The summed E-state index contributed by atoms with van der Waals surface area (Å²) < 4.78 is 0. The molecular weight excluding hydrogens is 134 g/mol. The molecule has 0 unspecified atom stereocenters. The molecular formula is C6H4NO3. The van der Waals surface area contributed by atoms with E-state index in [4.69, 9.17) is 0 Å². The van der Waals surface area contributed by atoms with Crippen LogP contribution in [0.3, 0.4) is 0 Å². The number of hydrogen-bond acceptors (Lipinski definition) is 2. The molecule has 1 aromatic rings. The van der Waals surface area contributed by atoms with Gasteiger partial charge in [0.05, 0.1) is 4.92 Å². The van der Waals surface area contributed by atoms with Gasteiger partial charge >= 0.3 is 5.69 Å². The van der Waals surface area contributed by atoms with Crippen LogP contribution in [-0.2, 0) is 5.11 Å². The van der Waals surface area contributed by atoms with E-state index in [0.717, 1.165) is 6.07 Å². The van der Waals surface area contributed by atoms with E-state index in [1.165, 1.54) is 18.2 Å². The van der Waals surface area contributed by atoms with Crippen molar-refractivity contribution in [2.24, 2.45) is 0 Å². The predicted octanol–water partition coefficient (Wildman–Crippen LogP) is 1.74. The van der Waals surface area contributed by atoms with E-state index in [1.54, 1.807) is 0 Å². The van der Waals surface area contributed by atoms with E-state index >= 15 is 0 Å². The van der Waals surface area contributed by atoms with Crippen molar-refractivity contribution in [2.75, 3.05) is 0 Å². The predicted molar refractivity (Wildman–Crippen MR) is 33.2 cm³/mol. The van der Waals surface area contributed by atoms with Gasteiger partial charge in [-0.3, -0.25) is 15.2 Å². The highest BCUT2D eigenvalue weighted by Crippen LogP contribution is 2.23. The molecule has 0 bridgehead atoms. The molecule has 0 saturated heterocycles. The third kappa shape index (κ3) is 1.05. The molecule has 0 saturated carbocycles. The highest BCUT2D eigenvalue weighted by molar-refractivity contribution is 5.43. The molecule has 10 heavy (non-hydrogen) atoms. The first-order valence-electron chi connectivity index (χ1n) is 2.62. The molecule has 0 fully saturated rings. The Morgan fingerprint density at radius 3 is 2.30 bits per heavy atom. The van der Waals surface area contributed by atoms with Crippen molar-refractivity contribution in [3.8, 4) is 5.75 Å². The Kier molecular flexibility index (Phi) is 1.53. The molecule has 0 aliphatic rings. The van der Waals surface area contributed by atoms with Gasteiger partial charge in [0.1, 0.15) is 0 Å². The largest absolute Gasteiger partial charge is 0.316 e. The summed E-state index contributed by atoms with van der Waals surface area (Å²) in [5.74, 6) is -0.549. The van der Waals surface area contributed by atoms with E-state index in [0.29, 0.717) is 0 Å². The molecule has 1 rings (SSSR count). The molecule has 0 N–H and O–H groups in total. The van der Waals surface area contributed by atoms with Gasteiger partial charge in [-0.05, 0) is 6.07 Å². The summed E-state index contributed by atoms with van der Waals surface area (Å²) in [6, 6.07) is 5.27. The number of nitro groups is 1. The maximum absolute atomic E-state index is 10.6. The van der Waals surface area contributed by atoms with E-state index in [2.05, 4.69) is 0 Å². The van der Waals surface area contributed by atoms with E-state index in [-0.39, 0.29) is 5.69 Å². The van der Waals surface area contributed by atoms with Gasteiger partial charge in [0.2, 0.25) is 0 Å². The maximum Gasteiger partial charge on any atom is 0.316 e. The molecule has 0 aromatic heterocycles. The fourth-order valence-corrected chi connectivity index (χ4v) is 0.608. The quantitative estimate of drug-likeness (QED) is 0.438. The Morgan fingerprint density at radius 1 is 1.30 bits per heavy atom. The molecule has 0 aliphatic heterocycles. The molecule has 51 valence electrons. The summed E-state index contributed by atoms with van der Waals surface area (Å²) in [7, 11) is 0.